The van der Waals surface area contributed by atoms with Gasteiger partial charge in [-0.05, 0) is 19.1 Å². The molecule has 18 heavy (non-hydrogen) atoms. The van der Waals surface area contributed by atoms with Crippen LogP contribution >= 0.6 is 44.5 Å². The molecule has 0 spiro atoms. The lowest BCUT2D eigenvalue weighted by Crippen LogP contribution is -2.28. The van der Waals surface area contributed by atoms with Gasteiger partial charge in [-0.25, -0.2) is 0 Å². The Labute approximate surface area is 130 Å². The first-order valence-corrected chi connectivity index (χ1v) is 6.95. The Hall–Kier alpha value is -0.320. The van der Waals surface area contributed by atoms with Gasteiger partial charge in [0.1, 0.15) is 5.75 Å². The molecule has 0 aliphatic carbocycles. The highest BCUT2D eigenvalue weighted by Crippen LogP contribution is 2.43. The summed E-state index contributed by atoms with van der Waals surface area (Å²) in [7, 11) is 0. The summed E-state index contributed by atoms with van der Waals surface area (Å²) in [6.07, 6.45) is 0.693. The number of aryl methyl sites for hydroxylation is 1. The number of fused-ring (bicyclic) bond motifs is 3. The van der Waals surface area contributed by atoms with Crippen LogP contribution < -0.4 is 4.74 Å². The fraction of sp³-hybridized carbons (Fsp3) is 0.308. The largest absolute Gasteiger partial charge is 0.470 e. The van der Waals surface area contributed by atoms with Crippen molar-refractivity contribution >= 4 is 55.4 Å². The van der Waals surface area contributed by atoms with Crippen LogP contribution in [-0.2, 0) is 6.42 Å². The Balaban J connectivity index is 0.00000120. The molecular formula is C13H12Br2ClNO. The maximum absolute atomic E-state index is 6.40. The lowest BCUT2D eigenvalue weighted by atomic mass is 10.1. The summed E-state index contributed by atoms with van der Waals surface area (Å²) < 4.78 is 5.92. The van der Waals surface area contributed by atoms with E-state index in [-0.39, 0.29) is 17.0 Å². The van der Waals surface area contributed by atoms with E-state index in [2.05, 4.69) is 20.9 Å². The van der Waals surface area contributed by atoms with Crippen LogP contribution in [0, 0.1) is 6.92 Å². The molecule has 1 atom stereocenters. The summed E-state index contributed by atoms with van der Waals surface area (Å²) in [6.45, 7) is 2.01. The van der Waals surface area contributed by atoms with Gasteiger partial charge in [-0.15, -0.1) is 17.0 Å². The van der Waals surface area contributed by atoms with Gasteiger partial charge in [0, 0.05) is 23.1 Å². The molecule has 1 aromatic carbocycles. The molecule has 5 heteroatoms. The van der Waals surface area contributed by atoms with E-state index in [0.717, 1.165) is 27.9 Å². The van der Waals surface area contributed by atoms with Crippen LogP contribution in [0.15, 0.2) is 24.3 Å². The molecule has 1 aromatic heterocycles. The summed E-state index contributed by atoms with van der Waals surface area (Å²) >= 11 is 9.80. The Morgan fingerprint density at radius 1 is 1.44 bits per heavy atom. The maximum Gasteiger partial charge on any atom is 0.196 e. The fourth-order valence-electron chi connectivity index (χ4n) is 2.22. The number of nitrogens with zero attached hydrogens (tertiary/aromatic N) is 1. The van der Waals surface area contributed by atoms with E-state index >= 15 is 0 Å². The first-order valence-electron chi connectivity index (χ1n) is 5.45. The van der Waals surface area contributed by atoms with Crippen molar-refractivity contribution in [3.05, 3.63) is 35.5 Å². The number of benzene rings is 1. The average Bonchev–Trinajstić information content (AvgIpc) is 2.69. The molecule has 2 aromatic rings. The average molecular weight is 394 g/mol. The van der Waals surface area contributed by atoms with Crippen molar-refractivity contribution in [3.63, 3.8) is 0 Å². The van der Waals surface area contributed by atoms with Crippen molar-refractivity contribution in [1.29, 1.82) is 0 Å². The maximum atomic E-state index is 6.40. The standard InChI is InChI=1S/C13H11BrClNO.BrH/c1-8-10-6-13(15,7-14)17-12(10)9-4-2-3-5-11(9)16-8;/h2-5H,6-7H2,1H3;1H. The van der Waals surface area contributed by atoms with Gasteiger partial charge >= 0.3 is 0 Å². The predicted octanol–water partition coefficient (Wildman–Crippen LogP) is 4.39. The molecule has 0 saturated carbocycles. The van der Waals surface area contributed by atoms with Gasteiger partial charge < -0.3 is 4.74 Å². The van der Waals surface area contributed by atoms with Crippen molar-refractivity contribution in [2.45, 2.75) is 18.4 Å². The van der Waals surface area contributed by atoms with Crippen molar-refractivity contribution < 1.29 is 4.74 Å². The van der Waals surface area contributed by atoms with Crippen LogP contribution in [0.2, 0.25) is 0 Å². The number of hydrogen-bond donors (Lipinski definition) is 0. The third kappa shape index (κ3) is 2.15. The van der Waals surface area contributed by atoms with Crippen molar-refractivity contribution in [3.8, 4) is 5.75 Å². The first-order chi connectivity index (χ1) is 8.13. The molecule has 2 nitrogen and oxygen atoms in total. The highest BCUT2D eigenvalue weighted by molar-refractivity contribution is 9.09. The number of pyridine rings is 1. The van der Waals surface area contributed by atoms with Crippen LogP contribution in [0.3, 0.4) is 0 Å². The molecule has 0 saturated heterocycles. The zero-order valence-electron chi connectivity index (χ0n) is 9.74. The van der Waals surface area contributed by atoms with Crippen LogP contribution in [0.25, 0.3) is 10.9 Å². The predicted molar refractivity (Wildman–Crippen MR) is 83.5 cm³/mol. The summed E-state index contributed by atoms with van der Waals surface area (Å²) in [6, 6.07) is 7.99. The molecular weight excluding hydrogens is 381 g/mol. The molecule has 3 rings (SSSR count). The third-order valence-electron chi connectivity index (χ3n) is 3.07. The summed E-state index contributed by atoms with van der Waals surface area (Å²) in [5.74, 6) is 0.891. The van der Waals surface area contributed by atoms with Gasteiger partial charge in [-0.1, -0.05) is 39.7 Å². The van der Waals surface area contributed by atoms with Gasteiger partial charge in [0.2, 0.25) is 0 Å². The van der Waals surface area contributed by atoms with Crippen molar-refractivity contribution in [1.82, 2.24) is 4.98 Å². The minimum absolute atomic E-state index is 0. The smallest absolute Gasteiger partial charge is 0.196 e. The Morgan fingerprint density at radius 3 is 2.89 bits per heavy atom. The summed E-state index contributed by atoms with van der Waals surface area (Å²) in [5, 5.41) is 0.972. The van der Waals surface area contributed by atoms with Gasteiger partial charge in [0.25, 0.3) is 0 Å². The second-order valence-electron chi connectivity index (χ2n) is 4.32. The lowest BCUT2D eigenvalue weighted by molar-refractivity contribution is 0.218. The molecule has 0 N–H and O–H groups in total. The fourth-order valence-corrected chi connectivity index (χ4v) is 2.74. The van der Waals surface area contributed by atoms with Gasteiger partial charge in [-0.2, -0.15) is 0 Å². The van der Waals surface area contributed by atoms with E-state index in [1.54, 1.807) is 0 Å². The van der Waals surface area contributed by atoms with E-state index in [1.165, 1.54) is 0 Å². The minimum atomic E-state index is -0.668. The summed E-state index contributed by atoms with van der Waals surface area (Å²) in [5.41, 5.74) is 3.08. The molecule has 1 unspecified atom stereocenters. The van der Waals surface area contributed by atoms with E-state index in [1.807, 2.05) is 31.2 Å². The van der Waals surface area contributed by atoms with E-state index in [4.69, 9.17) is 16.3 Å². The van der Waals surface area contributed by atoms with Gasteiger partial charge in [-0.3, -0.25) is 4.98 Å². The van der Waals surface area contributed by atoms with Crippen LogP contribution in [0.5, 0.6) is 5.75 Å². The number of aromatic nitrogens is 1. The van der Waals surface area contributed by atoms with E-state index in [9.17, 15) is 0 Å². The number of para-hydroxylation sites is 1. The second-order valence-corrected chi connectivity index (χ2v) is 5.57. The number of ether oxygens (including phenoxy) is 1. The number of halogens is 3. The molecule has 0 bridgehead atoms. The lowest BCUT2D eigenvalue weighted by Gasteiger charge is -2.17. The molecule has 1 aliphatic heterocycles. The highest BCUT2D eigenvalue weighted by atomic mass is 79.9. The second kappa shape index (κ2) is 4.99. The van der Waals surface area contributed by atoms with Crippen molar-refractivity contribution in [2.24, 2.45) is 0 Å². The molecule has 0 fully saturated rings. The summed E-state index contributed by atoms with van der Waals surface area (Å²) in [4.78, 5) is 4.59. The van der Waals surface area contributed by atoms with E-state index in [0.29, 0.717) is 11.8 Å². The topological polar surface area (TPSA) is 22.1 Å². The minimum Gasteiger partial charge on any atom is -0.470 e. The quantitative estimate of drug-likeness (QED) is 0.671. The third-order valence-corrected chi connectivity index (χ3v) is 4.65. The Bertz CT molecular complexity index is 605. The monoisotopic (exact) mass is 391 g/mol. The van der Waals surface area contributed by atoms with E-state index < -0.39 is 5.06 Å². The first kappa shape index (κ1) is 14.1. The molecule has 0 amide bonds. The Morgan fingerprint density at radius 2 is 2.17 bits per heavy atom. The molecule has 1 aliphatic rings. The number of rotatable bonds is 1. The zero-order valence-corrected chi connectivity index (χ0v) is 13.8. The van der Waals surface area contributed by atoms with Crippen LogP contribution in [-0.4, -0.2) is 15.4 Å². The van der Waals surface area contributed by atoms with Crippen LogP contribution in [0.1, 0.15) is 11.3 Å². The number of alkyl halides is 2. The zero-order chi connectivity index (χ0) is 12.0. The number of hydrogen-bond acceptors (Lipinski definition) is 2. The normalized spacial score (nSPS) is 21.3. The van der Waals surface area contributed by atoms with Gasteiger partial charge in [0.05, 0.1) is 10.8 Å². The molecule has 2 heterocycles. The Kier molecular flexibility index (Phi) is 3.90. The highest BCUT2D eigenvalue weighted by Gasteiger charge is 2.38. The molecule has 96 valence electrons. The van der Waals surface area contributed by atoms with Gasteiger partial charge in [0.15, 0.2) is 5.06 Å². The van der Waals surface area contributed by atoms with Crippen LogP contribution in [0.4, 0.5) is 0 Å². The molecule has 0 radical (unpaired) electrons. The van der Waals surface area contributed by atoms with Crippen molar-refractivity contribution in [2.75, 3.05) is 5.33 Å². The SMILES string of the molecule is Br.Cc1nc2ccccc2c2c1CC(Cl)(CBr)O2.